The van der Waals surface area contributed by atoms with E-state index in [2.05, 4.69) is 16.9 Å². The summed E-state index contributed by atoms with van der Waals surface area (Å²) in [5.74, 6) is 0.851. The maximum atomic E-state index is 10.8. The molecule has 0 spiro atoms. The van der Waals surface area contributed by atoms with Gasteiger partial charge in [-0.15, -0.1) is 0 Å². The van der Waals surface area contributed by atoms with E-state index in [0.717, 1.165) is 40.9 Å². The molecule has 1 fully saturated rings. The van der Waals surface area contributed by atoms with Crippen LogP contribution in [0.1, 0.15) is 35.1 Å². The maximum absolute atomic E-state index is 10.8. The Morgan fingerprint density at radius 3 is 2.80 bits per heavy atom. The van der Waals surface area contributed by atoms with Gasteiger partial charge in [-0.05, 0) is 25.2 Å². The summed E-state index contributed by atoms with van der Waals surface area (Å²) >= 11 is 1.51. The fraction of sp³-hybridized carbons (Fsp3) is 0.636. The second kappa shape index (κ2) is 4.31. The van der Waals surface area contributed by atoms with Gasteiger partial charge in [0.1, 0.15) is 0 Å². The van der Waals surface area contributed by atoms with Crippen LogP contribution in [0.4, 0.5) is 5.13 Å². The Bertz CT molecular complexity index is 357. The second-order valence-corrected chi connectivity index (χ2v) is 5.11. The highest BCUT2D eigenvalue weighted by atomic mass is 32.1. The van der Waals surface area contributed by atoms with E-state index in [0.29, 0.717) is 0 Å². The van der Waals surface area contributed by atoms with Gasteiger partial charge in [0.15, 0.2) is 11.4 Å². The molecule has 0 unspecified atom stereocenters. The minimum absolute atomic E-state index is 0.787. The Morgan fingerprint density at radius 2 is 2.33 bits per heavy atom. The number of nitrogens with zero attached hydrogens (tertiary/aromatic N) is 2. The lowest BCUT2D eigenvalue weighted by Crippen LogP contribution is -2.19. The molecule has 0 aromatic carbocycles. The van der Waals surface area contributed by atoms with Crippen molar-refractivity contribution in [1.29, 1.82) is 0 Å². The summed E-state index contributed by atoms with van der Waals surface area (Å²) in [4.78, 5) is 18.3. The fourth-order valence-electron chi connectivity index (χ4n) is 1.63. The molecule has 1 aliphatic rings. The van der Waals surface area contributed by atoms with Crippen LogP contribution in [0.25, 0.3) is 0 Å². The quantitative estimate of drug-likeness (QED) is 0.720. The number of thiazole rings is 1. The summed E-state index contributed by atoms with van der Waals surface area (Å²) in [6.07, 6.45) is 4.45. The smallest absolute Gasteiger partial charge is 0.185 e. The van der Waals surface area contributed by atoms with Gasteiger partial charge in [0.25, 0.3) is 0 Å². The van der Waals surface area contributed by atoms with Crippen molar-refractivity contribution in [3.8, 4) is 0 Å². The number of anilines is 1. The first kappa shape index (κ1) is 10.6. The normalized spacial score (nSPS) is 15.3. The molecule has 1 heterocycles. The van der Waals surface area contributed by atoms with Gasteiger partial charge in [-0.3, -0.25) is 4.79 Å². The third-order valence-electron chi connectivity index (χ3n) is 2.71. The van der Waals surface area contributed by atoms with Crippen LogP contribution in [0, 0.1) is 5.92 Å². The standard InChI is InChI=1S/C11H16N2OS/c1-3-9-10(7-14)15-11(12-9)13(2)6-8-4-5-8/h7-8H,3-6H2,1-2H3. The molecular formula is C11H16N2OS. The van der Waals surface area contributed by atoms with E-state index in [9.17, 15) is 4.79 Å². The zero-order valence-corrected chi connectivity index (χ0v) is 10.0. The molecule has 0 N–H and O–H groups in total. The van der Waals surface area contributed by atoms with E-state index >= 15 is 0 Å². The van der Waals surface area contributed by atoms with Gasteiger partial charge in [-0.25, -0.2) is 4.98 Å². The van der Waals surface area contributed by atoms with Crippen LogP contribution in [0.5, 0.6) is 0 Å². The van der Waals surface area contributed by atoms with Crippen molar-refractivity contribution >= 4 is 22.8 Å². The highest BCUT2D eigenvalue weighted by molar-refractivity contribution is 7.17. The molecule has 15 heavy (non-hydrogen) atoms. The van der Waals surface area contributed by atoms with Gasteiger partial charge < -0.3 is 4.90 Å². The molecule has 1 aromatic heterocycles. The summed E-state index contributed by atoms with van der Waals surface area (Å²) in [6, 6.07) is 0. The minimum Gasteiger partial charge on any atom is -0.351 e. The first-order chi connectivity index (χ1) is 7.24. The molecule has 0 aliphatic heterocycles. The molecule has 4 heteroatoms. The lowest BCUT2D eigenvalue weighted by atomic mass is 10.3. The first-order valence-electron chi connectivity index (χ1n) is 5.40. The van der Waals surface area contributed by atoms with Crippen molar-refractivity contribution in [1.82, 2.24) is 4.98 Å². The predicted octanol–water partition coefficient (Wildman–Crippen LogP) is 2.36. The molecule has 0 bridgehead atoms. The summed E-state index contributed by atoms with van der Waals surface area (Å²) in [7, 11) is 2.06. The van der Waals surface area contributed by atoms with Crippen LogP contribution in [-0.4, -0.2) is 24.9 Å². The molecule has 0 radical (unpaired) electrons. The Balaban J connectivity index is 2.12. The number of aryl methyl sites for hydroxylation is 1. The molecule has 2 rings (SSSR count). The first-order valence-corrected chi connectivity index (χ1v) is 6.22. The van der Waals surface area contributed by atoms with E-state index in [-0.39, 0.29) is 0 Å². The van der Waals surface area contributed by atoms with E-state index in [1.807, 2.05) is 6.92 Å². The van der Waals surface area contributed by atoms with E-state index in [1.54, 1.807) is 0 Å². The molecule has 1 aromatic rings. The van der Waals surface area contributed by atoms with Gasteiger partial charge in [0.2, 0.25) is 0 Å². The summed E-state index contributed by atoms with van der Waals surface area (Å²) in [5, 5.41) is 0.987. The van der Waals surface area contributed by atoms with Crippen LogP contribution < -0.4 is 4.90 Å². The average molecular weight is 224 g/mol. The van der Waals surface area contributed by atoms with Crippen LogP contribution in [0.3, 0.4) is 0 Å². The summed E-state index contributed by atoms with van der Waals surface area (Å²) in [5.41, 5.74) is 0.938. The highest BCUT2D eigenvalue weighted by Crippen LogP contribution is 2.32. The van der Waals surface area contributed by atoms with Gasteiger partial charge in [-0.1, -0.05) is 18.3 Å². The number of carbonyl (C=O) groups is 1. The number of hydrogen-bond acceptors (Lipinski definition) is 4. The molecular weight excluding hydrogens is 208 g/mol. The van der Waals surface area contributed by atoms with Gasteiger partial charge in [-0.2, -0.15) is 0 Å². The Morgan fingerprint density at radius 1 is 1.60 bits per heavy atom. The largest absolute Gasteiger partial charge is 0.351 e. The Kier molecular flexibility index (Phi) is 3.05. The lowest BCUT2D eigenvalue weighted by molar-refractivity contribution is 0.112. The van der Waals surface area contributed by atoms with Crippen LogP contribution in [-0.2, 0) is 6.42 Å². The van der Waals surface area contributed by atoms with Crippen LogP contribution in [0.2, 0.25) is 0 Å². The molecule has 0 amide bonds. The number of hydrogen-bond donors (Lipinski definition) is 0. The molecule has 1 saturated carbocycles. The molecule has 0 saturated heterocycles. The highest BCUT2D eigenvalue weighted by Gasteiger charge is 2.24. The number of rotatable bonds is 5. The van der Waals surface area contributed by atoms with E-state index < -0.39 is 0 Å². The molecule has 1 aliphatic carbocycles. The van der Waals surface area contributed by atoms with Gasteiger partial charge in [0.05, 0.1) is 10.6 Å². The summed E-state index contributed by atoms with van der Waals surface area (Å²) in [6.45, 7) is 3.11. The fourth-order valence-corrected chi connectivity index (χ4v) is 2.56. The zero-order chi connectivity index (χ0) is 10.8. The van der Waals surface area contributed by atoms with Gasteiger partial charge in [0, 0.05) is 13.6 Å². The maximum Gasteiger partial charge on any atom is 0.185 e. The van der Waals surface area contributed by atoms with Crippen LogP contribution in [0.15, 0.2) is 0 Å². The Labute approximate surface area is 94.1 Å². The SMILES string of the molecule is CCc1nc(N(C)CC2CC2)sc1C=O. The number of aldehydes is 1. The van der Waals surface area contributed by atoms with Gasteiger partial charge >= 0.3 is 0 Å². The third kappa shape index (κ3) is 2.37. The third-order valence-corrected chi connectivity index (χ3v) is 3.85. The van der Waals surface area contributed by atoms with E-state index in [1.165, 1.54) is 24.2 Å². The molecule has 0 atom stereocenters. The zero-order valence-electron chi connectivity index (χ0n) is 9.19. The van der Waals surface area contributed by atoms with Crippen molar-refractivity contribution in [2.75, 3.05) is 18.5 Å². The lowest BCUT2D eigenvalue weighted by Gasteiger charge is -2.14. The minimum atomic E-state index is 0.787. The topological polar surface area (TPSA) is 33.2 Å². The predicted molar refractivity (Wildman–Crippen MR) is 62.9 cm³/mol. The monoisotopic (exact) mass is 224 g/mol. The van der Waals surface area contributed by atoms with Crippen molar-refractivity contribution in [2.24, 2.45) is 5.92 Å². The van der Waals surface area contributed by atoms with Crippen molar-refractivity contribution in [3.63, 3.8) is 0 Å². The van der Waals surface area contributed by atoms with Crippen molar-refractivity contribution < 1.29 is 4.79 Å². The summed E-state index contributed by atoms with van der Waals surface area (Å²) < 4.78 is 0. The Hall–Kier alpha value is -0.900. The number of carbonyl (C=O) groups excluding carboxylic acids is 1. The van der Waals surface area contributed by atoms with Crippen molar-refractivity contribution in [3.05, 3.63) is 10.6 Å². The van der Waals surface area contributed by atoms with E-state index in [4.69, 9.17) is 0 Å². The molecule has 82 valence electrons. The molecule has 3 nitrogen and oxygen atoms in total. The number of aromatic nitrogens is 1. The van der Waals surface area contributed by atoms with Crippen molar-refractivity contribution in [2.45, 2.75) is 26.2 Å². The average Bonchev–Trinajstić information content (AvgIpc) is 2.95. The second-order valence-electron chi connectivity index (χ2n) is 4.10. The van der Waals surface area contributed by atoms with Crippen LogP contribution >= 0.6 is 11.3 Å².